The first-order valence-corrected chi connectivity index (χ1v) is 11.1. The Kier molecular flexibility index (Phi) is 4.62. The van der Waals surface area contributed by atoms with Gasteiger partial charge in [-0.15, -0.1) is 0 Å². The predicted molar refractivity (Wildman–Crippen MR) is 111 cm³/mol. The van der Waals surface area contributed by atoms with Gasteiger partial charge in [-0.3, -0.25) is 4.79 Å². The molecule has 0 unspecified atom stereocenters. The molecular weight excluding hydrogens is 392 g/mol. The highest BCUT2D eigenvalue weighted by Crippen LogP contribution is 2.28. The van der Waals surface area contributed by atoms with E-state index in [1.807, 2.05) is 13.8 Å². The van der Waals surface area contributed by atoms with Crippen LogP contribution in [0.4, 0.5) is 5.69 Å². The van der Waals surface area contributed by atoms with E-state index in [1.165, 1.54) is 0 Å². The molecule has 0 aliphatic heterocycles. The lowest BCUT2D eigenvalue weighted by Gasteiger charge is -2.07. The first-order valence-electron chi connectivity index (χ1n) is 9.05. The fourth-order valence-corrected chi connectivity index (χ4v) is 4.07. The molecule has 4 rings (SSSR count). The highest BCUT2D eigenvalue weighted by atomic mass is 32.2. The number of pyridine rings is 1. The summed E-state index contributed by atoms with van der Waals surface area (Å²) in [7, 11) is -3.37. The molecule has 0 aliphatic rings. The normalized spacial score (nSPS) is 12.1. The van der Waals surface area contributed by atoms with Gasteiger partial charge in [0, 0.05) is 28.6 Å². The molecule has 9 heteroatoms. The van der Waals surface area contributed by atoms with Gasteiger partial charge < -0.3 is 9.73 Å². The third kappa shape index (κ3) is 3.73. The van der Waals surface area contributed by atoms with E-state index in [0.29, 0.717) is 22.2 Å². The number of aromatic nitrogens is 3. The average Bonchev–Trinajstić information content (AvgIpc) is 3.22. The second-order valence-corrected chi connectivity index (χ2v) is 9.39. The fourth-order valence-electron chi connectivity index (χ4n) is 3.26. The standard InChI is InChI=1S/C20H20N4O4S/c1-12(2)24-19-13(9-22-24)8-14(10-21-19)23-20(25)18-16(11-29(3,26)27)15-6-4-5-7-17(15)28-18/h4-10,12H,11H2,1-3H3,(H,23,25). The lowest BCUT2D eigenvalue weighted by molar-refractivity contribution is 0.0998. The Bertz CT molecular complexity index is 1340. The molecule has 0 fully saturated rings. The quantitative estimate of drug-likeness (QED) is 0.537. The molecule has 1 N–H and O–H groups in total. The lowest BCUT2D eigenvalue weighted by Crippen LogP contribution is -2.14. The van der Waals surface area contributed by atoms with Crippen LogP contribution in [0.5, 0.6) is 0 Å². The summed E-state index contributed by atoms with van der Waals surface area (Å²) in [6.45, 7) is 4.02. The minimum Gasteiger partial charge on any atom is -0.451 e. The van der Waals surface area contributed by atoms with Crippen molar-refractivity contribution in [3.05, 3.63) is 54.0 Å². The van der Waals surface area contributed by atoms with E-state index in [0.717, 1.165) is 17.3 Å². The first kappa shape index (κ1) is 19.1. The van der Waals surface area contributed by atoms with Crippen LogP contribution in [0.25, 0.3) is 22.0 Å². The maximum absolute atomic E-state index is 12.9. The molecule has 3 heterocycles. The van der Waals surface area contributed by atoms with Crippen LogP contribution in [0, 0.1) is 0 Å². The van der Waals surface area contributed by atoms with Crippen LogP contribution in [-0.2, 0) is 15.6 Å². The summed E-state index contributed by atoms with van der Waals surface area (Å²) < 4.78 is 31.3. The van der Waals surface area contributed by atoms with Crippen LogP contribution in [0.15, 0.2) is 47.1 Å². The number of anilines is 1. The number of furan rings is 1. The molecule has 0 bridgehead atoms. The molecule has 29 heavy (non-hydrogen) atoms. The van der Waals surface area contributed by atoms with Gasteiger partial charge in [0.1, 0.15) is 5.58 Å². The molecule has 0 saturated heterocycles. The summed E-state index contributed by atoms with van der Waals surface area (Å²) >= 11 is 0. The number of fused-ring (bicyclic) bond motifs is 2. The molecule has 3 aromatic heterocycles. The molecule has 1 amide bonds. The Morgan fingerprint density at radius 3 is 2.72 bits per heavy atom. The van der Waals surface area contributed by atoms with Crippen LogP contribution in [-0.4, -0.2) is 35.3 Å². The number of hydrogen-bond donors (Lipinski definition) is 1. The number of carbonyl (C=O) groups is 1. The van der Waals surface area contributed by atoms with E-state index < -0.39 is 15.7 Å². The van der Waals surface area contributed by atoms with Crippen molar-refractivity contribution in [1.82, 2.24) is 14.8 Å². The number of carbonyl (C=O) groups excluding carboxylic acids is 1. The Balaban J connectivity index is 1.70. The molecular formula is C20H20N4O4S. The van der Waals surface area contributed by atoms with Crippen LogP contribution < -0.4 is 5.32 Å². The minimum absolute atomic E-state index is 0.0189. The van der Waals surface area contributed by atoms with Gasteiger partial charge in [-0.25, -0.2) is 18.1 Å². The molecule has 8 nitrogen and oxygen atoms in total. The van der Waals surface area contributed by atoms with Gasteiger partial charge in [-0.1, -0.05) is 18.2 Å². The van der Waals surface area contributed by atoms with Crippen molar-refractivity contribution in [2.24, 2.45) is 0 Å². The zero-order valence-electron chi connectivity index (χ0n) is 16.2. The zero-order chi connectivity index (χ0) is 20.8. The van der Waals surface area contributed by atoms with Gasteiger partial charge in [-0.05, 0) is 26.0 Å². The third-order valence-corrected chi connectivity index (χ3v) is 5.30. The average molecular weight is 412 g/mol. The summed E-state index contributed by atoms with van der Waals surface area (Å²) in [6, 6.07) is 8.91. The van der Waals surface area contributed by atoms with E-state index in [1.54, 1.807) is 47.4 Å². The number of hydrogen-bond acceptors (Lipinski definition) is 6. The smallest absolute Gasteiger partial charge is 0.291 e. The number of para-hydroxylation sites is 1. The summed E-state index contributed by atoms with van der Waals surface area (Å²) in [5.74, 6) is -0.836. The molecule has 0 aliphatic carbocycles. The maximum Gasteiger partial charge on any atom is 0.291 e. The maximum atomic E-state index is 12.9. The molecule has 0 radical (unpaired) electrons. The number of nitrogens with one attached hydrogen (secondary N) is 1. The summed E-state index contributed by atoms with van der Waals surface area (Å²) in [5.41, 5.74) is 2.00. The van der Waals surface area contributed by atoms with Crippen molar-refractivity contribution in [3.63, 3.8) is 0 Å². The van der Waals surface area contributed by atoms with Gasteiger partial charge in [0.25, 0.3) is 5.91 Å². The van der Waals surface area contributed by atoms with Crippen molar-refractivity contribution in [3.8, 4) is 0 Å². The van der Waals surface area contributed by atoms with Gasteiger partial charge in [0.05, 0.1) is 23.8 Å². The van der Waals surface area contributed by atoms with E-state index in [9.17, 15) is 13.2 Å². The lowest BCUT2D eigenvalue weighted by atomic mass is 10.1. The molecule has 1 aromatic carbocycles. The fraction of sp³-hybridized carbons (Fsp3) is 0.250. The number of rotatable bonds is 5. The highest BCUT2D eigenvalue weighted by Gasteiger charge is 2.23. The highest BCUT2D eigenvalue weighted by molar-refractivity contribution is 7.89. The number of sulfone groups is 1. The minimum atomic E-state index is -3.37. The van der Waals surface area contributed by atoms with Crippen LogP contribution >= 0.6 is 0 Å². The van der Waals surface area contributed by atoms with Crippen molar-refractivity contribution < 1.29 is 17.6 Å². The molecule has 4 aromatic rings. The van der Waals surface area contributed by atoms with E-state index in [-0.39, 0.29) is 17.6 Å². The number of benzene rings is 1. The van der Waals surface area contributed by atoms with Crippen molar-refractivity contribution in [2.75, 3.05) is 11.6 Å². The van der Waals surface area contributed by atoms with Crippen molar-refractivity contribution in [1.29, 1.82) is 0 Å². The second kappa shape index (κ2) is 7.00. The Morgan fingerprint density at radius 1 is 1.24 bits per heavy atom. The monoisotopic (exact) mass is 412 g/mol. The van der Waals surface area contributed by atoms with Crippen LogP contribution in [0.3, 0.4) is 0 Å². The van der Waals surface area contributed by atoms with Gasteiger partial charge in [0.15, 0.2) is 21.2 Å². The topological polar surface area (TPSA) is 107 Å². The third-order valence-electron chi connectivity index (χ3n) is 4.49. The van der Waals surface area contributed by atoms with Crippen molar-refractivity contribution in [2.45, 2.75) is 25.6 Å². The SMILES string of the molecule is CC(C)n1ncc2cc(NC(=O)c3oc4ccccc4c3CS(C)(=O)=O)cnc21. The largest absolute Gasteiger partial charge is 0.451 e. The van der Waals surface area contributed by atoms with E-state index >= 15 is 0 Å². The molecule has 0 atom stereocenters. The Labute approximate surface area is 167 Å². The summed E-state index contributed by atoms with van der Waals surface area (Å²) in [6.07, 6.45) is 4.36. The second-order valence-electron chi connectivity index (χ2n) is 7.25. The van der Waals surface area contributed by atoms with Crippen LogP contribution in [0.2, 0.25) is 0 Å². The Hall–Kier alpha value is -3.20. The van der Waals surface area contributed by atoms with E-state index in [2.05, 4.69) is 15.4 Å². The summed E-state index contributed by atoms with van der Waals surface area (Å²) in [4.78, 5) is 17.3. The molecule has 0 saturated carbocycles. The zero-order valence-corrected chi connectivity index (χ0v) is 17.0. The molecule has 150 valence electrons. The van der Waals surface area contributed by atoms with Crippen LogP contribution in [0.1, 0.15) is 36.0 Å². The Morgan fingerprint density at radius 2 is 2.00 bits per heavy atom. The molecule has 0 spiro atoms. The predicted octanol–water partition coefficient (Wildman–Crippen LogP) is 3.56. The van der Waals surface area contributed by atoms with E-state index in [4.69, 9.17) is 4.42 Å². The van der Waals surface area contributed by atoms with Gasteiger partial charge in [0.2, 0.25) is 0 Å². The van der Waals surface area contributed by atoms with Gasteiger partial charge >= 0.3 is 0 Å². The van der Waals surface area contributed by atoms with Crippen molar-refractivity contribution >= 4 is 43.4 Å². The number of amides is 1. The summed E-state index contributed by atoms with van der Waals surface area (Å²) in [5, 5.41) is 8.46. The first-order chi connectivity index (χ1) is 13.7. The van der Waals surface area contributed by atoms with Gasteiger partial charge in [-0.2, -0.15) is 5.10 Å². The number of nitrogens with zero attached hydrogens (tertiary/aromatic N) is 3.